The lowest BCUT2D eigenvalue weighted by Crippen LogP contribution is -2.30. The Morgan fingerprint density at radius 2 is 0.490 bits per heavy atom. The number of phosphoric ester groups is 2. The van der Waals surface area contributed by atoms with Gasteiger partial charge in [-0.1, -0.05) is 401 Å². The van der Waals surface area contributed by atoms with Crippen molar-refractivity contribution in [2.24, 2.45) is 11.8 Å². The van der Waals surface area contributed by atoms with Crippen molar-refractivity contribution in [2.75, 3.05) is 39.6 Å². The zero-order valence-electron chi connectivity index (χ0n) is 68.3. The summed E-state index contributed by atoms with van der Waals surface area (Å²) in [5.74, 6) is -0.424. The molecule has 0 fully saturated rings. The predicted molar refractivity (Wildman–Crippen MR) is 428 cm³/mol. The van der Waals surface area contributed by atoms with Crippen molar-refractivity contribution >= 4 is 39.5 Å². The van der Waals surface area contributed by atoms with Gasteiger partial charge in [0.1, 0.15) is 19.3 Å². The summed E-state index contributed by atoms with van der Waals surface area (Å²) in [6.07, 6.45) is 67.9. The second kappa shape index (κ2) is 76.4. The van der Waals surface area contributed by atoms with Gasteiger partial charge in [-0.25, -0.2) is 9.13 Å². The van der Waals surface area contributed by atoms with Crippen molar-refractivity contribution in [3.63, 3.8) is 0 Å². The van der Waals surface area contributed by atoms with E-state index in [1.165, 1.54) is 270 Å². The number of hydrogen-bond acceptors (Lipinski definition) is 15. The molecule has 104 heavy (non-hydrogen) atoms. The van der Waals surface area contributed by atoms with Crippen LogP contribution < -0.4 is 0 Å². The molecule has 3 unspecified atom stereocenters. The number of unbranched alkanes of at least 4 members (excludes halogenated alkanes) is 53. The van der Waals surface area contributed by atoms with Gasteiger partial charge in [0.25, 0.3) is 0 Å². The number of hydrogen-bond donors (Lipinski definition) is 3. The van der Waals surface area contributed by atoms with Crippen molar-refractivity contribution in [2.45, 2.75) is 471 Å². The van der Waals surface area contributed by atoms with Crippen molar-refractivity contribution in [1.82, 2.24) is 0 Å². The van der Waals surface area contributed by atoms with Crippen molar-refractivity contribution in [3.05, 3.63) is 0 Å². The molecule has 0 saturated heterocycles. The number of rotatable bonds is 84. The Kier molecular flexibility index (Phi) is 75.0. The summed E-state index contributed by atoms with van der Waals surface area (Å²) in [6.45, 7) is 9.76. The van der Waals surface area contributed by atoms with Crippen LogP contribution in [0.3, 0.4) is 0 Å². The molecule has 0 spiro atoms. The minimum Gasteiger partial charge on any atom is -0.462 e. The Hall–Kier alpha value is -1.94. The first kappa shape index (κ1) is 102. The average molecular weight is 1520 g/mol. The van der Waals surface area contributed by atoms with Crippen LogP contribution in [0.1, 0.15) is 452 Å². The fraction of sp³-hybridized carbons (Fsp3) is 0.953. The maximum absolute atomic E-state index is 13.1. The van der Waals surface area contributed by atoms with Crippen molar-refractivity contribution in [1.29, 1.82) is 0 Å². The van der Waals surface area contributed by atoms with Crippen LogP contribution in [0.5, 0.6) is 0 Å². The Balaban J connectivity index is 5.22. The molecule has 0 rings (SSSR count). The first-order valence-corrected chi connectivity index (χ1v) is 47.0. The van der Waals surface area contributed by atoms with Crippen LogP contribution in [0.4, 0.5) is 0 Å². The van der Waals surface area contributed by atoms with E-state index < -0.39 is 97.5 Å². The van der Waals surface area contributed by atoms with Crippen LogP contribution in [0.25, 0.3) is 0 Å². The van der Waals surface area contributed by atoms with Gasteiger partial charge in [0.05, 0.1) is 26.4 Å². The van der Waals surface area contributed by atoms with Crippen molar-refractivity contribution < 1.29 is 80.2 Å². The topological polar surface area (TPSA) is 237 Å². The normalized spacial score (nSPS) is 14.1. The molecule has 19 heteroatoms. The lowest BCUT2D eigenvalue weighted by atomic mass is 9.99. The molecule has 0 heterocycles. The number of aliphatic hydroxyl groups is 1. The van der Waals surface area contributed by atoms with Gasteiger partial charge in [0.15, 0.2) is 12.2 Å². The highest BCUT2D eigenvalue weighted by molar-refractivity contribution is 7.47. The van der Waals surface area contributed by atoms with Gasteiger partial charge in [-0.15, -0.1) is 0 Å². The third-order valence-corrected chi connectivity index (χ3v) is 22.2. The van der Waals surface area contributed by atoms with Crippen LogP contribution >= 0.6 is 15.6 Å². The third kappa shape index (κ3) is 76.8. The quantitative estimate of drug-likeness (QED) is 0.0222. The highest BCUT2D eigenvalue weighted by atomic mass is 31.2. The lowest BCUT2D eigenvalue weighted by molar-refractivity contribution is -0.161. The van der Waals surface area contributed by atoms with Crippen LogP contribution in [0.2, 0.25) is 0 Å². The zero-order chi connectivity index (χ0) is 76.4. The summed E-state index contributed by atoms with van der Waals surface area (Å²) in [7, 11) is -9.92. The Labute approximate surface area is 638 Å². The SMILES string of the molecule is CCCCCCCCCCCCCCCC(=O)O[C@H](COC(=O)CCCCCCCCCCCCC)COP(=O)(O)OC[C@H](O)COP(=O)(O)OC[C@@H](COC(=O)CCCCCCCCCCCCCCCCCC(C)C)OC(=O)CCCCCCCCCCCCCCCCCCCCC(C)CC. The standard InChI is InChI=1S/C85H166O17P2/c1-7-10-12-14-16-18-20-30-39-45-51-57-63-69-84(89)101-80(73-95-82(87)67-61-55-49-43-35-19-17-15-13-11-8-2)75-99-103(91,92)97-71-79(86)72-98-104(93,94)100-76-81(74-96-83(88)68-62-56-50-44-38-33-29-25-26-31-36-41-47-53-59-65-77(4)5)102-85(90)70-64-58-52-46-40-34-28-24-22-21-23-27-32-37-42-48-54-60-66-78(6)9-3/h77-81,86H,7-76H2,1-6H3,(H,91,92)(H,93,94)/t78?,79-,80+,81+/m0/s1. The average Bonchev–Trinajstić information content (AvgIpc) is 0.939. The van der Waals surface area contributed by atoms with Crippen LogP contribution in [0.15, 0.2) is 0 Å². The number of ether oxygens (including phenoxy) is 4. The predicted octanol–water partition coefficient (Wildman–Crippen LogP) is 25.8. The molecule has 0 bridgehead atoms. The summed E-state index contributed by atoms with van der Waals surface area (Å²) >= 11 is 0. The molecule has 17 nitrogen and oxygen atoms in total. The van der Waals surface area contributed by atoms with E-state index in [0.29, 0.717) is 25.7 Å². The molecule has 6 atom stereocenters. The molecule has 0 radical (unpaired) electrons. The fourth-order valence-electron chi connectivity index (χ4n) is 13.2. The van der Waals surface area contributed by atoms with Gasteiger partial charge in [0, 0.05) is 25.7 Å². The molecule has 0 aliphatic heterocycles. The minimum absolute atomic E-state index is 0.108. The van der Waals surface area contributed by atoms with Gasteiger partial charge in [-0.3, -0.25) is 37.3 Å². The van der Waals surface area contributed by atoms with Gasteiger partial charge >= 0.3 is 39.5 Å². The van der Waals surface area contributed by atoms with E-state index >= 15 is 0 Å². The van der Waals surface area contributed by atoms with Crippen molar-refractivity contribution in [3.8, 4) is 0 Å². The highest BCUT2D eigenvalue weighted by Gasteiger charge is 2.30. The van der Waals surface area contributed by atoms with E-state index in [1.54, 1.807) is 0 Å². The maximum atomic E-state index is 13.1. The summed E-state index contributed by atoms with van der Waals surface area (Å²) < 4.78 is 68.8. The van der Waals surface area contributed by atoms with Gasteiger partial charge in [-0.05, 0) is 37.5 Å². The lowest BCUT2D eigenvalue weighted by Gasteiger charge is -2.21. The van der Waals surface area contributed by atoms with E-state index in [2.05, 4.69) is 41.5 Å². The van der Waals surface area contributed by atoms with E-state index in [-0.39, 0.29) is 25.7 Å². The second-order valence-corrected chi connectivity index (χ2v) is 34.2. The molecular weight excluding hydrogens is 1350 g/mol. The number of carbonyl (C=O) groups excluding carboxylic acids is 4. The second-order valence-electron chi connectivity index (χ2n) is 31.3. The van der Waals surface area contributed by atoms with Crippen LogP contribution in [0, 0.1) is 11.8 Å². The Morgan fingerprint density at radius 1 is 0.279 bits per heavy atom. The van der Waals surface area contributed by atoms with E-state index in [1.807, 2.05) is 0 Å². The van der Waals surface area contributed by atoms with Gasteiger partial charge < -0.3 is 33.8 Å². The van der Waals surface area contributed by atoms with Crippen LogP contribution in [-0.2, 0) is 65.4 Å². The molecule has 618 valence electrons. The van der Waals surface area contributed by atoms with E-state index in [9.17, 15) is 43.2 Å². The van der Waals surface area contributed by atoms with E-state index in [0.717, 1.165) is 102 Å². The molecule has 0 amide bonds. The highest BCUT2D eigenvalue weighted by Crippen LogP contribution is 2.45. The number of carbonyl (C=O) groups is 4. The minimum atomic E-state index is -4.97. The number of aliphatic hydroxyl groups excluding tert-OH is 1. The maximum Gasteiger partial charge on any atom is 0.472 e. The summed E-state index contributed by atoms with van der Waals surface area (Å²) in [4.78, 5) is 73.2. The molecular formula is C85H166O17P2. The molecule has 0 aromatic carbocycles. The third-order valence-electron chi connectivity index (χ3n) is 20.3. The zero-order valence-corrected chi connectivity index (χ0v) is 70.1. The Bertz CT molecular complexity index is 2000. The largest absolute Gasteiger partial charge is 0.472 e. The smallest absolute Gasteiger partial charge is 0.462 e. The van der Waals surface area contributed by atoms with Gasteiger partial charge in [0.2, 0.25) is 0 Å². The van der Waals surface area contributed by atoms with Crippen LogP contribution in [-0.4, -0.2) is 96.7 Å². The first-order valence-electron chi connectivity index (χ1n) is 44.0. The Morgan fingerprint density at radius 3 is 0.731 bits per heavy atom. The molecule has 3 N–H and O–H groups in total. The monoisotopic (exact) mass is 1520 g/mol. The first-order chi connectivity index (χ1) is 50.4. The van der Waals surface area contributed by atoms with E-state index in [4.69, 9.17) is 37.0 Å². The number of phosphoric acid groups is 2. The molecule has 0 saturated carbocycles. The molecule has 0 aliphatic carbocycles. The van der Waals surface area contributed by atoms with Gasteiger partial charge in [-0.2, -0.15) is 0 Å². The molecule has 0 aromatic rings. The fourth-order valence-corrected chi connectivity index (χ4v) is 14.8. The molecule has 0 aliphatic rings. The summed E-state index contributed by atoms with van der Waals surface area (Å²) in [5.41, 5.74) is 0. The molecule has 0 aromatic heterocycles. The number of esters is 4. The summed E-state index contributed by atoms with van der Waals surface area (Å²) in [6, 6.07) is 0. The summed E-state index contributed by atoms with van der Waals surface area (Å²) in [5, 5.41) is 10.7.